The van der Waals surface area contributed by atoms with Gasteiger partial charge in [0.05, 0.1) is 22.4 Å². The van der Waals surface area contributed by atoms with Crippen molar-refractivity contribution in [1.82, 2.24) is 9.97 Å². The van der Waals surface area contributed by atoms with E-state index in [0.29, 0.717) is 21.9 Å². The van der Waals surface area contributed by atoms with Crippen LogP contribution in [0.3, 0.4) is 0 Å². The fraction of sp³-hybridized carbons (Fsp3) is 0.0667. The Morgan fingerprint density at radius 1 is 1.30 bits per heavy atom. The first kappa shape index (κ1) is 12.7. The average molecular weight is 287 g/mol. The highest BCUT2D eigenvalue weighted by Gasteiger charge is 2.15. The molecular formula is C15H11ClN2O2. The minimum atomic E-state index is -0.477. The van der Waals surface area contributed by atoms with E-state index in [1.165, 1.54) is 0 Å². The number of aromatic amines is 1. The predicted molar refractivity (Wildman–Crippen MR) is 77.2 cm³/mol. The van der Waals surface area contributed by atoms with E-state index < -0.39 is 5.97 Å². The standard InChI is InChI=1S/C15H11ClN2O2/c1-9-5-6-11(16)13(7-9)20-15(19)10-3-2-4-12-14(10)18-8-17-12/h2-8H,1H3,(H,17,18). The molecule has 0 atom stereocenters. The van der Waals surface area contributed by atoms with E-state index in [2.05, 4.69) is 9.97 Å². The van der Waals surface area contributed by atoms with E-state index in [4.69, 9.17) is 16.3 Å². The van der Waals surface area contributed by atoms with Crippen LogP contribution in [0.4, 0.5) is 0 Å². The monoisotopic (exact) mass is 286 g/mol. The Morgan fingerprint density at radius 2 is 2.15 bits per heavy atom. The van der Waals surface area contributed by atoms with Crippen LogP contribution in [0, 0.1) is 6.92 Å². The lowest BCUT2D eigenvalue weighted by molar-refractivity contribution is 0.0736. The zero-order chi connectivity index (χ0) is 14.1. The molecule has 20 heavy (non-hydrogen) atoms. The number of halogens is 1. The molecule has 5 heteroatoms. The van der Waals surface area contributed by atoms with E-state index in [1.54, 1.807) is 30.6 Å². The molecule has 0 saturated carbocycles. The molecule has 0 amide bonds. The molecule has 1 aromatic heterocycles. The molecule has 0 unspecified atom stereocenters. The SMILES string of the molecule is Cc1ccc(Cl)c(OC(=O)c2cccc3[nH]cnc23)c1. The number of hydrogen-bond acceptors (Lipinski definition) is 3. The number of nitrogens with zero attached hydrogens (tertiary/aromatic N) is 1. The molecule has 0 saturated heterocycles. The number of esters is 1. The fourth-order valence-electron chi connectivity index (χ4n) is 1.97. The van der Waals surface area contributed by atoms with Crippen molar-refractivity contribution in [3.05, 3.63) is 58.9 Å². The van der Waals surface area contributed by atoms with Gasteiger partial charge in [-0.05, 0) is 36.8 Å². The van der Waals surface area contributed by atoms with Gasteiger partial charge in [-0.1, -0.05) is 23.7 Å². The second kappa shape index (κ2) is 4.98. The van der Waals surface area contributed by atoms with Gasteiger partial charge in [-0.3, -0.25) is 0 Å². The lowest BCUT2D eigenvalue weighted by Gasteiger charge is -2.07. The number of H-pyrrole nitrogens is 1. The van der Waals surface area contributed by atoms with Gasteiger partial charge in [-0.2, -0.15) is 0 Å². The zero-order valence-electron chi connectivity index (χ0n) is 10.7. The maximum Gasteiger partial charge on any atom is 0.345 e. The number of aryl methyl sites for hydroxylation is 1. The summed E-state index contributed by atoms with van der Waals surface area (Å²) in [6.45, 7) is 1.90. The van der Waals surface area contributed by atoms with Gasteiger partial charge in [0.25, 0.3) is 0 Å². The van der Waals surface area contributed by atoms with E-state index >= 15 is 0 Å². The molecule has 100 valence electrons. The van der Waals surface area contributed by atoms with Crippen LogP contribution < -0.4 is 4.74 Å². The molecule has 0 fully saturated rings. The topological polar surface area (TPSA) is 55.0 Å². The minimum absolute atomic E-state index is 0.351. The van der Waals surface area contributed by atoms with Crippen molar-refractivity contribution in [2.45, 2.75) is 6.92 Å². The molecule has 4 nitrogen and oxygen atoms in total. The minimum Gasteiger partial charge on any atom is -0.421 e. The normalized spacial score (nSPS) is 10.7. The summed E-state index contributed by atoms with van der Waals surface area (Å²) < 4.78 is 5.36. The number of benzene rings is 2. The van der Waals surface area contributed by atoms with Gasteiger partial charge < -0.3 is 9.72 Å². The molecule has 0 aliphatic heterocycles. The maximum atomic E-state index is 12.3. The average Bonchev–Trinajstić information content (AvgIpc) is 2.91. The fourth-order valence-corrected chi connectivity index (χ4v) is 2.13. The summed E-state index contributed by atoms with van der Waals surface area (Å²) in [4.78, 5) is 19.3. The van der Waals surface area contributed by atoms with Crippen LogP contribution in [0.5, 0.6) is 5.75 Å². The Kier molecular flexibility index (Phi) is 3.16. The largest absolute Gasteiger partial charge is 0.421 e. The van der Waals surface area contributed by atoms with E-state index in [9.17, 15) is 4.79 Å². The Bertz CT molecular complexity index is 795. The third-order valence-electron chi connectivity index (χ3n) is 2.96. The number of aromatic nitrogens is 2. The molecule has 1 N–H and O–H groups in total. The summed E-state index contributed by atoms with van der Waals surface area (Å²) in [5.41, 5.74) is 2.74. The van der Waals surface area contributed by atoms with Crippen LogP contribution in [0.15, 0.2) is 42.7 Å². The van der Waals surface area contributed by atoms with Crippen LogP contribution in [0.1, 0.15) is 15.9 Å². The highest BCUT2D eigenvalue weighted by molar-refractivity contribution is 6.32. The highest BCUT2D eigenvalue weighted by Crippen LogP contribution is 2.26. The first-order chi connectivity index (χ1) is 9.65. The summed E-state index contributed by atoms with van der Waals surface area (Å²) >= 11 is 6.03. The molecule has 0 spiro atoms. The Morgan fingerprint density at radius 3 is 3.00 bits per heavy atom. The van der Waals surface area contributed by atoms with Crippen molar-refractivity contribution in [3.8, 4) is 5.75 Å². The van der Waals surface area contributed by atoms with Crippen LogP contribution in [0.25, 0.3) is 11.0 Å². The molecule has 1 heterocycles. The third-order valence-corrected chi connectivity index (χ3v) is 3.27. The molecule has 0 bridgehead atoms. The van der Waals surface area contributed by atoms with Gasteiger partial charge in [0.2, 0.25) is 0 Å². The number of hydrogen-bond donors (Lipinski definition) is 1. The number of fused-ring (bicyclic) bond motifs is 1. The maximum absolute atomic E-state index is 12.3. The number of ether oxygens (including phenoxy) is 1. The first-order valence-corrected chi connectivity index (χ1v) is 6.43. The molecule has 0 aliphatic carbocycles. The van der Waals surface area contributed by atoms with E-state index in [-0.39, 0.29) is 0 Å². The Balaban J connectivity index is 1.97. The molecule has 3 rings (SSSR count). The van der Waals surface area contributed by atoms with Crippen LogP contribution in [-0.2, 0) is 0 Å². The van der Waals surface area contributed by atoms with Crippen molar-refractivity contribution in [2.24, 2.45) is 0 Å². The zero-order valence-corrected chi connectivity index (χ0v) is 11.4. The highest BCUT2D eigenvalue weighted by atomic mass is 35.5. The lowest BCUT2D eigenvalue weighted by atomic mass is 10.2. The second-order valence-corrected chi connectivity index (χ2v) is 4.83. The Hall–Kier alpha value is -2.33. The molecule has 3 aromatic rings. The van der Waals surface area contributed by atoms with Gasteiger partial charge in [0.1, 0.15) is 11.3 Å². The summed E-state index contributed by atoms with van der Waals surface area (Å²) in [5, 5.41) is 0.401. The molecular weight excluding hydrogens is 276 g/mol. The van der Waals surface area contributed by atoms with Gasteiger partial charge in [0, 0.05) is 0 Å². The molecule has 0 radical (unpaired) electrons. The van der Waals surface area contributed by atoms with E-state index in [0.717, 1.165) is 11.1 Å². The van der Waals surface area contributed by atoms with Crippen molar-refractivity contribution < 1.29 is 9.53 Å². The lowest BCUT2D eigenvalue weighted by Crippen LogP contribution is -2.09. The van der Waals surface area contributed by atoms with Gasteiger partial charge in [-0.25, -0.2) is 9.78 Å². The predicted octanol–water partition coefficient (Wildman–Crippen LogP) is 3.74. The third kappa shape index (κ3) is 2.26. The van der Waals surface area contributed by atoms with E-state index in [1.807, 2.05) is 19.1 Å². The van der Waals surface area contributed by atoms with Crippen LogP contribution in [-0.4, -0.2) is 15.9 Å². The molecule has 2 aromatic carbocycles. The van der Waals surface area contributed by atoms with Gasteiger partial charge in [-0.15, -0.1) is 0 Å². The van der Waals surface area contributed by atoms with Crippen molar-refractivity contribution in [1.29, 1.82) is 0 Å². The van der Waals surface area contributed by atoms with Crippen LogP contribution in [0.2, 0.25) is 5.02 Å². The van der Waals surface area contributed by atoms with Crippen molar-refractivity contribution in [3.63, 3.8) is 0 Å². The number of rotatable bonds is 2. The van der Waals surface area contributed by atoms with Crippen LogP contribution >= 0.6 is 11.6 Å². The number of nitrogens with one attached hydrogen (secondary N) is 1. The quantitative estimate of drug-likeness (QED) is 0.577. The number of para-hydroxylation sites is 1. The summed E-state index contributed by atoms with van der Waals surface area (Å²) in [7, 11) is 0. The first-order valence-electron chi connectivity index (χ1n) is 6.05. The smallest absolute Gasteiger partial charge is 0.345 e. The summed E-state index contributed by atoms with van der Waals surface area (Å²) in [6.07, 6.45) is 1.54. The number of imidazole rings is 1. The Labute approximate surface area is 120 Å². The number of carbonyl (C=O) groups excluding carboxylic acids is 1. The summed E-state index contributed by atoms with van der Waals surface area (Å²) in [5.74, 6) is -0.126. The van der Waals surface area contributed by atoms with Gasteiger partial charge >= 0.3 is 5.97 Å². The van der Waals surface area contributed by atoms with Crippen molar-refractivity contribution in [2.75, 3.05) is 0 Å². The number of carbonyl (C=O) groups is 1. The second-order valence-electron chi connectivity index (χ2n) is 4.43. The summed E-state index contributed by atoms with van der Waals surface area (Å²) in [6, 6.07) is 10.6. The van der Waals surface area contributed by atoms with Crippen molar-refractivity contribution >= 4 is 28.6 Å². The molecule has 0 aliphatic rings. The van der Waals surface area contributed by atoms with Gasteiger partial charge in [0.15, 0.2) is 0 Å².